The van der Waals surface area contributed by atoms with Crippen LogP contribution in [0.2, 0.25) is 0 Å². The quantitative estimate of drug-likeness (QED) is 0.290. The first-order valence-electron chi connectivity index (χ1n) is 13.0. The second kappa shape index (κ2) is 11.1. The van der Waals surface area contributed by atoms with Crippen LogP contribution in [0.25, 0.3) is 22.3 Å². The van der Waals surface area contributed by atoms with Crippen LogP contribution in [0.15, 0.2) is 66.7 Å². The summed E-state index contributed by atoms with van der Waals surface area (Å²) in [7, 11) is 0. The van der Waals surface area contributed by atoms with E-state index in [1.54, 1.807) is 30.3 Å². The van der Waals surface area contributed by atoms with E-state index in [1.165, 1.54) is 23.3 Å². The summed E-state index contributed by atoms with van der Waals surface area (Å²) in [4.78, 5) is 34.1. The van der Waals surface area contributed by atoms with Gasteiger partial charge in [0.2, 0.25) is 0 Å². The first-order valence-corrected chi connectivity index (χ1v) is 13.0. The summed E-state index contributed by atoms with van der Waals surface area (Å²) < 4.78 is 13.6. The number of hydrogen-bond acceptors (Lipinski definition) is 4. The predicted octanol–water partition coefficient (Wildman–Crippen LogP) is 6.29. The molecule has 3 aromatic carbocycles. The molecular formula is C31H30FN3O3. The number of benzene rings is 3. The minimum absolute atomic E-state index is 0.0265. The molecule has 7 heteroatoms. The van der Waals surface area contributed by atoms with Gasteiger partial charge in [-0.05, 0) is 91.6 Å². The molecule has 1 amide bonds. The number of carbonyl (C=O) groups excluding carboxylic acids is 1. The Balaban J connectivity index is 1.45. The zero-order valence-electron chi connectivity index (χ0n) is 21.3. The number of rotatable bonds is 8. The van der Waals surface area contributed by atoms with Gasteiger partial charge in [0, 0.05) is 17.5 Å². The summed E-state index contributed by atoms with van der Waals surface area (Å²) in [5, 5.41) is 12.3. The number of fused-ring (bicyclic) bond motifs is 2. The van der Waals surface area contributed by atoms with E-state index in [0.717, 1.165) is 24.8 Å². The maximum atomic E-state index is 13.6. The highest BCUT2D eigenvalue weighted by Gasteiger charge is 2.22. The van der Waals surface area contributed by atoms with E-state index in [-0.39, 0.29) is 30.1 Å². The second-order valence-corrected chi connectivity index (χ2v) is 10.1. The Morgan fingerprint density at radius 3 is 2.63 bits per heavy atom. The maximum Gasteiger partial charge on any atom is 0.303 e. The van der Waals surface area contributed by atoms with Gasteiger partial charge in [-0.15, -0.1) is 0 Å². The van der Waals surface area contributed by atoms with E-state index in [1.807, 2.05) is 19.1 Å². The third kappa shape index (κ3) is 5.72. The lowest BCUT2D eigenvalue weighted by atomic mass is 9.87. The van der Waals surface area contributed by atoms with Crippen molar-refractivity contribution in [1.29, 1.82) is 0 Å². The minimum Gasteiger partial charge on any atom is -0.481 e. The lowest BCUT2D eigenvalue weighted by Gasteiger charge is -2.26. The fraction of sp³-hybridized carbons (Fsp3) is 0.290. The van der Waals surface area contributed by atoms with Gasteiger partial charge in [0.25, 0.3) is 5.91 Å². The van der Waals surface area contributed by atoms with Crippen LogP contribution in [0.1, 0.15) is 65.8 Å². The fourth-order valence-electron chi connectivity index (χ4n) is 5.17. The third-order valence-electron chi connectivity index (χ3n) is 7.19. The van der Waals surface area contributed by atoms with Crippen LogP contribution in [0.5, 0.6) is 0 Å². The van der Waals surface area contributed by atoms with Gasteiger partial charge in [0.15, 0.2) is 0 Å². The Morgan fingerprint density at radius 1 is 1.05 bits per heavy atom. The van der Waals surface area contributed by atoms with Crippen LogP contribution in [0.3, 0.4) is 0 Å². The molecular weight excluding hydrogens is 481 g/mol. The van der Waals surface area contributed by atoms with Crippen molar-refractivity contribution in [3.63, 3.8) is 0 Å². The lowest BCUT2D eigenvalue weighted by Crippen LogP contribution is -2.31. The first kappa shape index (κ1) is 25.5. The van der Waals surface area contributed by atoms with Gasteiger partial charge in [-0.1, -0.05) is 31.2 Å². The molecule has 1 aromatic heterocycles. The largest absolute Gasteiger partial charge is 0.481 e. The summed E-state index contributed by atoms with van der Waals surface area (Å²) >= 11 is 0. The van der Waals surface area contributed by atoms with Gasteiger partial charge < -0.3 is 10.4 Å². The van der Waals surface area contributed by atoms with E-state index in [2.05, 4.69) is 17.4 Å². The van der Waals surface area contributed by atoms with Crippen LogP contribution in [0.4, 0.5) is 4.39 Å². The van der Waals surface area contributed by atoms with Crippen molar-refractivity contribution in [1.82, 2.24) is 15.3 Å². The molecule has 1 unspecified atom stereocenters. The zero-order chi connectivity index (χ0) is 26.6. The Morgan fingerprint density at radius 2 is 1.84 bits per heavy atom. The summed E-state index contributed by atoms with van der Waals surface area (Å²) in [6, 6.07) is 19.6. The highest BCUT2D eigenvalue weighted by atomic mass is 19.1. The van der Waals surface area contributed by atoms with Gasteiger partial charge in [-0.25, -0.2) is 14.4 Å². The average molecular weight is 512 g/mol. The van der Waals surface area contributed by atoms with Gasteiger partial charge in [0.1, 0.15) is 5.82 Å². The molecule has 4 aromatic rings. The van der Waals surface area contributed by atoms with E-state index < -0.39 is 5.97 Å². The van der Waals surface area contributed by atoms with Gasteiger partial charge in [0.05, 0.1) is 28.5 Å². The summed E-state index contributed by atoms with van der Waals surface area (Å²) in [6.07, 6.45) is 4.15. The van der Waals surface area contributed by atoms with Crippen molar-refractivity contribution in [2.45, 2.75) is 51.5 Å². The molecule has 2 N–H and O–H groups in total. The number of carboxylic acid groups (broad SMARTS) is 1. The molecule has 0 fully saturated rings. The standard InChI is InChI=1S/C31H30FN3O3/c1-19(17-29(36)37)9-15-27-30(21-10-13-23(32)14-11-21)34-26-16-12-22(18-28(26)33-27)31(38)35-25-8-4-6-20-5-2-3-7-24(20)25/h2-3,5,7,10-14,16,18-19,25H,4,6,8-9,15,17H2,1H3,(H,35,38)(H,36,37)/t19?,25-/m1/s1. The monoisotopic (exact) mass is 511 g/mol. The summed E-state index contributed by atoms with van der Waals surface area (Å²) in [5.74, 6) is -1.37. The smallest absolute Gasteiger partial charge is 0.303 e. The number of aryl methyl sites for hydroxylation is 2. The van der Waals surface area contributed by atoms with Crippen LogP contribution in [0, 0.1) is 11.7 Å². The van der Waals surface area contributed by atoms with E-state index in [0.29, 0.717) is 40.8 Å². The first-order chi connectivity index (χ1) is 18.4. The molecule has 1 aliphatic carbocycles. The van der Waals surface area contributed by atoms with Crippen LogP contribution >= 0.6 is 0 Å². The van der Waals surface area contributed by atoms with E-state index in [4.69, 9.17) is 15.1 Å². The molecule has 1 heterocycles. The van der Waals surface area contributed by atoms with Crippen molar-refractivity contribution in [2.24, 2.45) is 5.92 Å². The summed E-state index contributed by atoms with van der Waals surface area (Å²) in [5.41, 5.74) is 6.25. The van der Waals surface area contributed by atoms with Crippen LogP contribution in [-0.2, 0) is 17.6 Å². The Bertz CT molecular complexity index is 1490. The number of nitrogens with zero attached hydrogens (tertiary/aromatic N) is 2. The minimum atomic E-state index is -0.836. The average Bonchev–Trinajstić information content (AvgIpc) is 2.91. The van der Waals surface area contributed by atoms with Crippen molar-refractivity contribution >= 4 is 22.9 Å². The number of hydrogen-bond donors (Lipinski definition) is 2. The molecule has 194 valence electrons. The van der Waals surface area contributed by atoms with Crippen molar-refractivity contribution in [3.05, 3.63) is 94.9 Å². The molecule has 2 atom stereocenters. The van der Waals surface area contributed by atoms with Crippen LogP contribution < -0.4 is 5.32 Å². The number of aliphatic carboxylic acids is 1. The number of aromatic nitrogens is 2. The highest BCUT2D eigenvalue weighted by molar-refractivity contribution is 5.97. The highest BCUT2D eigenvalue weighted by Crippen LogP contribution is 2.30. The molecule has 0 saturated carbocycles. The molecule has 38 heavy (non-hydrogen) atoms. The normalized spacial score (nSPS) is 15.6. The Hall–Kier alpha value is -4.13. The second-order valence-electron chi connectivity index (χ2n) is 10.1. The predicted molar refractivity (Wildman–Crippen MR) is 144 cm³/mol. The van der Waals surface area contributed by atoms with Crippen molar-refractivity contribution < 1.29 is 19.1 Å². The zero-order valence-corrected chi connectivity index (χ0v) is 21.3. The molecule has 6 nitrogen and oxygen atoms in total. The van der Waals surface area contributed by atoms with E-state index >= 15 is 0 Å². The topological polar surface area (TPSA) is 92.2 Å². The molecule has 5 rings (SSSR count). The molecule has 0 bridgehead atoms. The molecule has 1 aliphatic rings. The maximum absolute atomic E-state index is 13.6. The number of halogens is 1. The molecule has 0 radical (unpaired) electrons. The van der Waals surface area contributed by atoms with Crippen molar-refractivity contribution in [2.75, 3.05) is 0 Å². The SMILES string of the molecule is CC(CCc1nc2cc(C(=O)N[C@@H]3CCCc4ccccc43)ccc2nc1-c1ccc(F)cc1)CC(=O)O. The lowest BCUT2D eigenvalue weighted by molar-refractivity contribution is -0.138. The molecule has 0 aliphatic heterocycles. The number of amides is 1. The number of carbonyl (C=O) groups is 2. The molecule has 0 spiro atoms. The number of nitrogens with one attached hydrogen (secondary N) is 1. The van der Waals surface area contributed by atoms with Crippen molar-refractivity contribution in [3.8, 4) is 11.3 Å². The number of carboxylic acids is 1. The molecule has 0 saturated heterocycles. The van der Waals surface area contributed by atoms with Gasteiger partial charge in [-0.3, -0.25) is 9.59 Å². The Kier molecular flexibility index (Phi) is 7.45. The fourth-order valence-corrected chi connectivity index (χ4v) is 5.17. The van der Waals surface area contributed by atoms with Gasteiger partial charge >= 0.3 is 5.97 Å². The van der Waals surface area contributed by atoms with Crippen LogP contribution in [-0.4, -0.2) is 27.0 Å². The summed E-state index contributed by atoms with van der Waals surface area (Å²) in [6.45, 7) is 1.89. The Labute approximate surface area is 221 Å². The third-order valence-corrected chi connectivity index (χ3v) is 7.19. The van der Waals surface area contributed by atoms with Gasteiger partial charge in [-0.2, -0.15) is 0 Å². The van der Waals surface area contributed by atoms with E-state index in [9.17, 15) is 14.0 Å².